The fourth-order valence-electron chi connectivity index (χ4n) is 1.92. The number of aliphatic hydroxyl groups excluding tert-OH is 1. The van der Waals surface area contributed by atoms with Crippen LogP contribution in [0.25, 0.3) is 0 Å². The SMILES string of the molecule is CCCOC(=O)OC(CC)OC(=O)[C@H](O)C(C)(C)COS(=O)(=O)CCCNC(C)=O. The van der Waals surface area contributed by atoms with Gasteiger partial charge in [0.1, 0.15) is 0 Å². The van der Waals surface area contributed by atoms with Crippen LogP contribution < -0.4 is 5.32 Å². The maximum atomic E-state index is 12.2. The highest BCUT2D eigenvalue weighted by atomic mass is 32.2. The number of carbonyl (C=O) groups excluding carboxylic acids is 3. The van der Waals surface area contributed by atoms with Gasteiger partial charge in [-0.25, -0.2) is 9.59 Å². The molecule has 0 aromatic heterocycles. The van der Waals surface area contributed by atoms with E-state index in [-0.39, 0.29) is 37.7 Å². The van der Waals surface area contributed by atoms with E-state index in [1.165, 1.54) is 20.8 Å². The quantitative estimate of drug-likeness (QED) is 0.168. The molecule has 0 spiro atoms. The van der Waals surface area contributed by atoms with Gasteiger partial charge < -0.3 is 24.6 Å². The zero-order chi connectivity index (χ0) is 23.4. The van der Waals surface area contributed by atoms with Crippen LogP contribution in [0.5, 0.6) is 0 Å². The number of rotatable bonds is 14. The zero-order valence-electron chi connectivity index (χ0n) is 18.1. The lowest BCUT2D eigenvalue weighted by molar-refractivity contribution is -0.187. The van der Waals surface area contributed by atoms with Crippen molar-refractivity contribution >= 4 is 28.1 Å². The Morgan fingerprint density at radius 1 is 1.13 bits per heavy atom. The van der Waals surface area contributed by atoms with Gasteiger partial charge in [0.25, 0.3) is 16.4 Å². The van der Waals surface area contributed by atoms with Crippen LogP contribution in [0.1, 0.15) is 53.9 Å². The third-order valence-electron chi connectivity index (χ3n) is 3.75. The van der Waals surface area contributed by atoms with E-state index in [0.29, 0.717) is 6.42 Å². The van der Waals surface area contributed by atoms with E-state index in [1.807, 2.05) is 0 Å². The lowest BCUT2D eigenvalue weighted by atomic mass is 9.88. The van der Waals surface area contributed by atoms with E-state index < -0.39 is 46.7 Å². The molecule has 176 valence electrons. The van der Waals surface area contributed by atoms with Crippen LogP contribution in [0.2, 0.25) is 0 Å². The number of esters is 1. The highest BCUT2D eigenvalue weighted by Crippen LogP contribution is 2.24. The Kier molecular flexibility index (Phi) is 12.5. The van der Waals surface area contributed by atoms with Gasteiger partial charge in [0.15, 0.2) is 6.10 Å². The number of carbonyl (C=O) groups is 3. The van der Waals surface area contributed by atoms with E-state index in [1.54, 1.807) is 13.8 Å². The molecule has 0 rings (SSSR count). The van der Waals surface area contributed by atoms with Crippen molar-refractivity contribution in [2.45, 2.75) is 66.3 Å². The molecule has 0 saturated carbocycles. The minimum atomic E-state index is -3.92. The lowest BCUT2D eigenvalue weighted by Crippen LogP contribution is -2.43. The first-order chi connectivity index (χ1) is 13.8. The van der Waals surface area contributed by atoms with Crippen molar-refractivity contribution in [1.82, 2.24) is 5.32 Å². The van der Waals surface area contributed by atoms with Gasteiger partial charge in [-0.05, 0) is 12.8 Å². The van der Waals surface area contributed by atoms with Gasteiger partial charge in [0.2, 0.25) is 5.91 Å². The van der Waals surface area contributed by atoms with Crippen molar-refractivity contribution in [2.24, 2.45) is 5.41 Å². The average molecular weight is 456 g/mol. The van der Waals surface area contributed by atoms with Crippen molar-refractivity contribution in [1.29, 1.82) is 0 Å². The van der Waals surface area contributed by atoms with E-state index in [9.17, 15) is 27.9 Å². The monoisotopic (exact) mass is 455 g/mol. The molecule has 0 aromatic rings. The number of nitrogens with one attached hydrogen (secondary N) is 1. The third kappa shape index (κ3) is 11.9. The second-order valence-corrected chi connectivity index (χ2v) is 9.00. The topological polar surface area (TPSA) is 155 Å². The van der Waals surface area contributed by atoms with Crippen LogP contribution in [0.4, 0.5) is 4.79 Å². The molecule has 0 fully saturated rings. The van der Waals surface area contributed by atoms with Gasteiger partial charge in [-0.1, -0.05) is 27.7 Å². The molecule has 0 bridgehead atoms. The first kappa shape index (κ1) is 28.1. The molecule has 0 aliphatic carbocycles. The molecule has 12 heteroatoms. The van der Waals surface area contributed by atoms with Crippen LogP contribution in [0.15, 0.2) is 0 Å². The van der Waals surface area contributed by atoms with Crippen molar-refractivity contribution in [3.8, 4) is 0 Å². The van der Waals surface area contributed by atoms with Gasteiger partial charge in [-0.3, -0.25) is 8.98 Å². The summed E-state index contributed by atoms with van der Waals surface area (Å²) in [5, 5.41) is 12.7. The molecule has 30 heavy (non-hydrogen) atoms. The molecule has 0 heterocycles. The van der Waals surface area contributed by atoms with Crippen LogP contribution in [-0.4, -0.2) is 69.5 Å². The van der Waals surface area contributed by atoms with E-state index in [0.717, 1.165) is 0 Å². The highest BCUT2D eigenvalue weighted by molar-refractivity contribution is 7.86. The first-order valence-electron chi connectivity index (χ1n) is 9.68. The molecule has 0 saturated heterocycles. The average Bonchev–Trinajstić information content (AvgIpc) is 2.67. The minimum Gasteiger partial charge on any atom is -0.434 e. The van der Waals surface area contributed by atoms with Gasteiger partial charge in [-0.2, -0.15) is 8.42 Å². The summed E-state index contributed by atoms with van der Waals surface area (Å²) in [7, 11) is -3.92. The molecule has 11 nitrogen and oxygen atoms in total. The number of hydrogen-bond acceptors (Lipinski definition) is 10. The Labute approximate surface area is 177 Å². The Bertz CT molecular complexity index is 662. The Balaban J connectivity index is 4.66. The normalized spacial score (nSPS) is 13.8. The maximum Gasteiger partial charge on any atom is 0.511 e. The highest BCUT2D eigenvalue weighted by Gasteiger charge is 2.38. The molecule has 1 amide bonds. The Morgan fingerprint density at radius 3 is 2.30 bits per heavy atom. The number of amides is 1. The molecule has 0 aromatic carbocycles. The standard InChI is InChI=1S/C18H33NO10S/c1-6-10-26-17(23)29-14(7-2)28-16(22)15(21)18(4,5)12-27-30(24,25)11-8-9-19-13(3)20/h14-15,21H,6-12H2,1-5H3,(H,19,20)/t14?,15-/m0/s1. The van der Waals surface area contributed by atoms with Crippen molar-refractivity contribution < 1.29 is 46.3 Å². The van der Waals surface area contributed by atoms with Gasteiger partial charge in [-0.15, -0.1) is 0 Å². The van der Waals surface area contributed by atoms with Gasteiger partial charge in [0, 0.05) is 25.3 Å². The molecule has 0 aliphatic heterocycles. The summed E-state index contributed by atoms with van der Waals surface area (Å²) in [6.45, 7) is 7.39. The minimum absolute atomic E-state index is 0.124. The second-order valence-electron chi connectivity index (χ2n) is 7.24. The summed E-state index contributed by atoms with van der Waals surface area (Å²) in [5.74, 6) is -1.71. The van der Waals surface area contributed by atoms with Crippen LogP contribution in [-0.2, 0) is 38.1 Å². The summed E-state index contributed by atoms with van der Waals surface area (Å²) in [5.41, 5.74) is -1.32. The molecule has 0 aliphatic rings. The number of hydrogen-bond donors (Lipinski definition) is 2. The predicted octanol–water partition coefficient (Wildman–Crippen LogP) is 1.09. The fraction of sp³-hybridized carbons (Fsp3) is 0.833. The van der Waals surface area contributed by atoms with Crippen LogP contribution >= 0.6 is 0 Å². The largest absolute Gasteiger partial charge is 0.511 e. The second kappa shape index (κ2) is 13.4. The fourth-order valence-corrected chi connectivity index (χ4v) is 3.02. The van der Waals surface area contributed by atoms with Crippen molar-refractivity contribution in [3.63, 3.8) is 0 Å². The summed E-state index contributed by atoms with van der Waals surface area (Å²) < 4.78 is 43.3. The number of ether oxygens (including phenoxy) is 3. The summed E-state index contributed by atoms with van der Waals surface area (Å²) in [6.07, 6.45) is -3.13. The zero-order valence-corrected chi connectivity index (χ0v) is 19.0. The molecule has 0 radical (unpaired) electrons. The van der Waals surface area contributed by atoms with Gasteiger partial charge >= 0.3 is 12.1 Å². The van der Waals surface area contributed by atoms with Crippen molar-refractivity contribution in [2.75, 3.05) is 25.5 Å². The molecule has 2 N–H and O–H groups in total. The molecular weight excluding hydrogens is 422 g/mol. The molecular formula is C18H33NO10S. The lowest BCUT2D eigenvalue weighted by Gasteiger charge is -2.29. The van der Waals surface area contributed by atoms with E-state index >= 15 is 0 Å². The molecule has 1 unspecified atom stereocenters. The molecule has 2 atom stereocenters. The van der Waals surface area contributed by atoms with Gasteiger partial charge in [0.05, 0.1) is 19.0 Å². The van der Waals surface area contributed by atoms with Crippen molar-refractivity contribution in [3.05, 3.63) is 0 Å². The van der Waals surface area contributed by atoms with Crippen LogP contribution in [0.3, 0.4) is 0 Å². The Hall–Kier alpha value is -1.92. The summed E-state index contributed by atoms with van der Waals surface area (Å²) >= 11 is 0. The first-order valence-corrected chi connectivity index (χ1v) is 11.3. The Morgan fingerprint density at radius 2 is 1.77 bits per heavy atom. The summed E-state index contributed by atoms with van der Waals surface area (Å²) in [6, 6.07) is 0. The van der Waals surface area contributed by atoms with E-state index in [2.05, 4.69) is 5.32 Å². The number of aliphatic hydroxyl groups is 1. The van der Waals surface area contributed by atoms with E-state index in [4.69, 9.17) is 18.4 Å². The third-order valence-corrected chi connectivity index (χ3v) is 5.02. The summed E-state index contributed by atoms with van der Waals surface area (Å²) in [4.78, 5) is 34.4. The van der Waals surface area contributed by atoms with Crippen LogP contribution in [0, 0.1) is 5.41 Å². The smallest absolute Gasteiger partial charge is 0.434 e. The maximum absolute atomic E-state index is 12.2. The predicted molar refractivity (Wildman–Crippen MR) is 106 cm³/mol.